The largest absolute Gasteiger partial charge is 0.444 e. The van der Waals surface area contributed by atoms with Gasteiger partial charge in [-0.2, -0.15) is 5.10 Å². The van der Waals surface area contributed by atoms with Crippen LogP contribution in [0, 0.1) is 0 Å². The van der Waals surface area contributed by atoms with Crippen LogP contribution in [0.3, 0.4) is 0 Å². The van der Waals surface area contributed by atoms with Gasteiger partial charge in [0.15, 0.2) is 5.15 Å². The van der Waals surface area contributed by atoms with E-state index in [-0.39, 0.29) is 12.1 Å². The molecule has 1 aromatic rings. The number of rotatable bonds is 2. The Morgan fingerprint density at radius 3 is 2.64 bits per heavy atom. The molecule has 1 saturated heterocycles. The summed E-state index contributed by atoms with van der Waals surface area (Å²) in [5.74, 6) is 0. The van der Waals surface area contributed by atoms with Crippen molar-refractivity contribution in [3.8, 4) is 0 Å². The number of piperazine rings is 1. The van der Waals surface area contributed by atoms with Crippen LogP contribution in [0.5, 0.6) is 0 Å². The maximum absolute atomic E-state index is 12.2. The van der Waals surface area contributed by atoms with Crippen molar-refractivity contribution < 1.29 is 9.53 Å². The van der Waals surface area contributed by atoms with E-state index in [1.807, 2.05) is 33.8 Å². The smallest absolute Gasteiger partial charge is 0.410 e. The lowest BCUT2D eigenvalue weighted by Crippen LogP contribution is -2.54. The highest BCUT2D eigenvalue weighted by Gasteiger charge is 2.30. The first-order valence-electron chi connectivity index (χ1n) is 7.45. The Hall–Kier alpha value is -1.40. The lowest BCUT2D eigenvalue weighted by Gasteiger charge is -2.40. The molecule has 1 aliphatic rings. The van der Waals surface area contributed by atoms with Gasteiger partial charge in [0, 0.05) is 32.2 Å². The summed E-state index contributed by atoms with van der Waals surface area (Å²) in [4.78, 5) is 16.2. The van der Waals surface area contributed by atoms with Gasteiger partial charge >= 0.3 is 6.09 Å². The van der Waals surface area contributed by atoms with E-state index in [0.29, 0.717) is 18.2 Å². The van der Waals surface area contributed by atoms with Gasteiger partial charge < -0.3 is 9.64 Å². The van der Waals surface area contributed by atoms with E-state index in [2.05, 4.69) is 15.1 Å². The zero-order valence-corrected chi connectivity index (χ0v) is 14.3. The molecule has 0 aliphatic carbocycles. The minimum atomic E-state index is -0.465. The van der Waals surface area contributed by atoms with Crippen molar-refractivity contribution in [3.05, 3.63) is 23.0 Å². The molecule has 2 rings (SSSR count). The molecule has 0 bridgehead atoms. The number of amides is 1. The number of nitrogens with zero attached hydrogens (tertiary/aromatic N) is 4. The van der Waals surface area contributed by atoms with Crippen molar-refractivity contribution in [1.29, 1.82) is 0 Å². The van der Waals surface area contributed by atoms with E-state index >= 15 is 0 Å². The topological polar surface area (TPSA) is 58.6 Å². The van der Waals surface area contributed by atoms with Gasteiger partial charge in [-0.25, -0.2) is 4.79 Å². The number of carbonyl (C=O) groups is 1. The van der Waals surface area contributed by atoms with Crippen molar-refractivity contribution in [2.24, 2.45) is 0 Å². The summed E-state index contributed by atoms with van der Waals surface area (Å²) in [6, 6.07) is 3.72. The highest BCUT2D eigenvalue weighted by atomic mass is 35.5. The number of aromatic nitrogens is 2. The minimum absolute atomic E-state index is 0.101. The van der Waals surface area contributed by atoms with Crippen LogP contribution < -0.4 is 0 Å². The third-order valence-electron chi connectivity index (χ3n) is 3.41. The molecule has 7 heteroatoms. The van der Waals surface area contributed by atoms with E-state index in [4.69, 9.17) is 16.3 Å². The summed E-state index contributed by atoms with van der Waals surface area (Å²) >= 11 is 5.74. The molecule has 0 N–H and O–H groups in total. The number of hydrogen-bond acceptors (Lipinski definition) is 5. The summed E-state index contributed by atoms with van der Waals surface area (Å²) in [5.41, 5.74) is 0.412. The van der Waals surface area contributed by atoms with Gasteiger partial charge in [0.25, 0.3) is 0 Å². The van der Waals surface area contributed by atoms with Crippen molar-refractivity contribution in [2.75, 3.05) is 19.6 Å². The SMILES string of the molecule is C[C@@H]1CN(Cc2ccc(Cl)nn2)CCN1C(=O)OC(C)(C)C. The second kappa shape index (κ2) is 6.79. The maximum Gasteiger partial charge on any atom is 0.410 e. The second-order valence-electron chi connectivity index (χ2n) is 6.61. The Bertz CT molecular complexity index is 515. The predicted octanol–water partition coefficient (Wildman–Crippen LogP) is 2.57. The summed E-state index contributed by atoms with van der Waals surface area (Å²) in [7, 11) is 0. The molecule has 0 saturated carbocycles. The Balaban J connectivity index is 1.89. The summed E-state index contributed by atoms with van der Waals surface area (Å²) in [6.07, 6.45) is -0.245. The molecule has 0 aromatic carbocycles. The Labute approximate surface area is 136 Å². The van der Waals surface area contributed by atoms with Gasteiger partial charge in [0.05, 0.1) is 5.69 Å². The lowest BCUT2D eigenvalue weighted by atomic mass is 10.2. The van der Waals surface area contributed by atoms with Crippen LogP contribution in [0.4, 0.5) is 4.79 Å². The molecule has 122 valence electrons. The first-order chi connectivity index (χ1) is 10.2. The van der Waals surface area contributed by atoms with E-state index in [9.17, 15) is 4.79 Å². The lowest BCUT2D eigenvalue weighted by molar-refractivity contribution is 0.000409. The van der Waals surface area contributed by atoms with E-state index in [1.54, 1.807) is 11.0 Å². The predicted molar refractivity (Wildman–Crippen MR) is 84.7 cm³/mol. The average molecular weight is 327 g/mol. The quantitative estimate of drug-likeness (QED) is 0.836. The van der Waals surface area contributed by atoms with Crippen LogP contribution in [0.25, 0.3) is 0 Å². The highest BCUT2D eigenvalue weighted by Crippen LogP contribution is 2.17. The van der Waals surface area contributed by atoms with Gasteiger partial charge in [-0.05, 0) is 39.8 Å². The molecule has 22 heavy (non-hydrogen) atoms. The van der Waals surface area contributed by atoms with Gasteiger partial charge in [0.1, 0.15) is 5.60 Å². The molecule has 0 radical (unpaired) electrons. The van der Waals surface area contributed by atoms with Crippen LogP contribution >= 0.6 is 11.6 Å². The fourth-order valence-corrected chi connectivity index (χ4v) is 2.53. The summed E-state index contributed by atoms with van der Waals surface area (Å²) in [5, 5.41) is 8.32. The van der Waals surface area contributed by atoms with Gasteiger partial charge in [0.2, 0.25) is 0 Å². The molecule has 1 atom stereocenters. The van der Waals surface area contributed by atoms with Crippen LogP contribution in [0.2, 0.25) is 5.15 Å². The molecule has 6 nitrogen and oxygen atoms in total. The number of carbonyl (C=O) groups excluding carboxylic acids is 1. The molecular formula is C15H23ClN4O2. The average Bonchev–Trinajstić information content (AvgIpc) is 2.39. The van der Waals surface area contributed by atoms with Crippen molar-refractivity contribution >= 4 is 17.7 Å². The maximum atomic E-state index is 12.2. The van der Waals surface area contributed by atoms with Gasteiger partial charge in [-0.15, -0.1) is 5.10 Å². The standard InChI is InChI=1S/C15H23ClN4O2/c1-11-9-19(10-12-5-6-13(16)18-17-12)7-8-20(11)14(21)22-15(2,3)4/h5-6,11H,7-10H2,1-4H3/t11-/m1/s1. The second-order valence-corrected chi connectivity index (χ2v) is 6.99. The van der Waals surface area contributed by atoms with E-state index in [1.165, 1.54) is 0 Å². The number of halogens is 1. The van der Waals surface area contributed by atoms with Crippen LogP contribution in [-0.2, 0) is 11.3 Å². The zero-order valence-electron chi connectivity index (χ0n) is 13.5. The molecule has 1 aliphatic heterocycles. The Morgan fingerprint density at radius 1 is 1.36 bits per heavy atom. The molecular weight excluding hydrogens is 304 g/mol. The third kappa shape index (κ3) is 4.81. The molecule has 1 fully saturated rings. The Kier molecular flexibility index (Phi) is 5.24. The molecule has 2 heterocycles. The van der Waals surface area contributed by atoms with Crippen LogP contribution in [-0.4, -0.2) is 57.4 Å². The number of hydrogen-bond donors (Lipinski definition) is 0. The summed E-state index contributed by atoms with van der Waals surface area (Å²) in [6.45, 7) is 10.6. The molecule has 0 spiro atoms. The van der Waals surface area contributed by atoms with Crippen LogP contribution in [0.1, 0.15) is 33.4 Å². The normalized spacial score (nSPS) is 20.0. The molecule has 1 amide bonds. The molecule has 0 unspecified atom stereocenters. The van der Waals surface area contributed by atoms with Crippen molar-refractivity contribution in [2.45, 2.75) is 45.9 Å². The monoisotopic (exact) mass is 326 g/mol. The molecule has 1 aromatic heterocycles. The first-order valence-corrected chi connectivity index (χ1v) is 7.82. The zero-order chi connectivity index (χ0) is 16.3. The van der Waals surface area contributed by atoms with Crippen LogP contribution in [0.15, 0.2) is 12.1 Å². The first kappa shape index (κ1) is 17.0. The summed E-state index contributed by atoms with van der Waals surface area (Å²) < 4.78 is 5.45. The third-order valence-corrected chi connectivity index (χ3v) is 3.61. The van der Waals surface area contributed by atoms with Gasteiger partial charge in [-0.3, -0.25) is 4.90 Å². The van der Waals surface area contributed by atoms with E-state index in [0.717, 1.165) is 18.8 Å². The Morgan fingerprint density at radius 2 is 2.09 bits per heavy atom. The fourth-order valence-electron chi connectivity index (χ4n) is 2.43. The van der Waals surface area contributed by atoms with Crippen molar-refractivity contribution in [1.82, 2.24) is 20.0 Å². The fraction of sp³-hybridized carbons (Fsp3) is 0.667. The number of ether oxygens (including phenoxy) is 1. The highest BCUT2D eigenvalue weighted by molar-refractivity contribution is 6.29. The van der Waals surface area contributed by atoms with E-state index < -0.39 is 5.60 Å². The minimum Gasteiger partial charge on any atom is -0.444 e. The van der Waals surface area contributed by atoms with Crippen molar-refractivity contribution in [3.63, 3.8) is 0 Å². The van der Waals surface area contributed by atoms with Gasteiger partial charge in [-0.1, -0.05) is 11.6 Å².